The first-order valence-electron chi connectivity index (χ1n) is 10.8. The minimum Gasteiger partial charge on any atom is -0.338 e. The second-order valence-electron chi connectivity index (χ2n) is 8.72. The third-order valence-electron chi connectivity index (χ3n) is 6.50. The maximum absolute atomic E-state index is 13.0. The van der Waals surface area contributed by atoms with Gasteiger partial charge in [0.1, 0.15) is 10.2 Å². The number of carbonyl (C=O) groups excluding carboxylic acids is 1. The number of likely N-dealkylation sites (tertiary alicyclic amines) is 1. The van der Waals surface area contributed by atoms with Crippen molar-refractivity contribution in [2.24, 2.45) is 11.8 Å². The van der Waals surface area contributed by atoms with E-state index in [1.165, 1.54) is 41.8 Å². The van der Waals surface area contributed by atoms with Gasteiger partial charge < -0.3 is 4.90 Å². The van der Waals surface area contributed by atoms with Crippen molar-refractivity contribution in [3.05, 3.63) is 56.4 Å². The van der Waals surface area contributed by atoms with Gasteiger partial charge in [-0.15, -0.1) is 0 Å². The average molecular weight is 487 g/mol. The van der Waals surface area contributed by atoms with Crippen molar-refractivity contribution < 1.29 is 9.18 Å². The van der Waals surface area contributed by atoms with E-state index in [0.29, 0.717) is 29.0 Å². The quantitative estimate of drug-likeness (QED) is 0.586. The van der Waals surface area contributed by atoms with Crippen molar-refractivity contribution in [1.29, 1.82) is 0 Å². The molecule has 1 aliphatic carbocycles. The Morgan fingerprint density at radius 1 is 1.16 bits per heavy atom. The number of aromatic nitrogens is 3. The highest BCUT2D eigenvalue weighted by Gasteiger charge is 2.34. The van der Waals surface area contributed by atoms with E-state index in [1.807, 2.05) is 12.1 Å². The molecule has 2 fully saturated rings. The van der Waals surface area contributed by atoms with Crippen LogP contribution in [-0.2, 0) is 6.42 Å². The van der Waals surface area contributed by atoms with Crippen LogP contribution in [0, 0.1) is 11.8 Å². The number of benzene rings is 1. The largest absolute Gasteiger partial charge is 0.338 e. The number of fused-ring (bicyclic) bond motifs is 1. The van der Waals surface area contributed by atoms with Gasteiger partial charge in [0.25, 0.3) is 11.5 Å². The lowest BCUT2D eigenvalue weighted by Gasteiger charge is -2.37. The van der Waals surface area contributed by atoms with E-state index in [-0.39, 0.29) is 23.0 Å². The van der Waals surface area contributed by atoms with Crippen LogP contribution in [-0.4, -0.2) is 45.2 Å². The fourth-order valence-corrected chi connectivity index (χ4v) is 5.22. The summed E-state index contributed by atoms with van der Waals surface area (Å²) in [7, 11) is 0. The lowest BCUT2D eigenvalue weighted by atomic mass is 9.97. The Labute approximate surface area is 187 Å². The van der Waals surface area contributed by atoms with Gasteiger partial charge in [-0.25, -0.2) is 4.98 Å². The zero-order chi connectivity index (χ0) is 21.5. The van der Waals surface area contributed by atoms with Crippen LogP contribution in [0.15, 0.2) is 39.7 Å². The fraction of sp³-hybridized carbons (Fsp3) is 0.435. The first-order valence-corrected chi connectivity index (χ1v) is 11.6. The normalized spacial score (nSPS) is 17.4. The maximum atomic E-state index is 13.0. The monoisotopic (exact) mass is 486 g/mol. The molecule has 162 valence electrons. The molecule has 2 aliphatic rings. The van der Waals surface area contributed by atoms with Crippen LogP contribution >= 0.6 is 15.9 Å². The number of hydrogen-bond donors (Lipinski definition) is 1. The van der Waals surface area contributed by atoms with E-state index in [4.69, 9.17) is 0 Å². The van der Waals surface area contributed by atoms with E-state index in [9.17, 15) is 14.0 Å². The van der Waals surface area contributed by atoms with Crippen LogP contribution in [0.2, 0.25) is 0 Å². The number of rotatable bonds is 5. The first-order chi connectivity index (χ1) is 15.0. The zero-order valence-corrected chi connectivity index (χ0v) is 18.7. The minimum absolute atomic E-state index is 0.109. The van der Waals surface area contributed by atoms with Crippen LogP contribution in [0.3, 0.4) is 0 Å². The molecule has 3 aromatic rings. The van der Waals surface area contributed by atoms with E-state index < -0.39 is 6.67 Å². The highest BCUT2D eigenvalue weighted by Crippen LogP contribution is 2.29. The second kappa shape index (κ2) is 8.22. The Morgan fingerprint density at radius 3 is 2.55 bits per heavy atom. The number of carbonyl (C=O) groups is 1. The van der Waals surface area contributed by atoms with Crippen LogP contribution < -0.4 is 5.56 Å². The van der Waals surface area contributed by atoms with Gasteiger partial charge >= 0.3 is 0 Å². The molecule has 0 radical (unpaired) electrons. The molecule has 1 amide bonds. The van der Waals surface area contributed by atoms with Crippen LogP contribution in [0.4, 0.5) is 4.39 Å². The highest BCUT2D eigenvalue weighted by molar-refractivity contribution is 9.10. The summed E-state index contributed by atoms with van der Waals surface area (Å²) in [6.45, 7) is 0.328. The van der Waals surface area contributed by atoms with Crippen LogP contribution in [0.25, 0.3) is 16.9 Å². The Bertz CT molecular complexity index is 1170. The topological polar surface area (TPSA) is 70.5 Å². The van der Waals surface area contributed by atoms with E-state index in [2.05, 4.69) is 38.1 Å². The molecule has 1 saturated heterocycles. The number of alkyl halides is 1. The standard InChI is InChI=1S/C23H24BrFN4O2/c24-21-20(23(31)28-12-16(11-25)13-28)22-26-18(10-19(30)29(22)27-21)17-7-5-15(6-8-17)9-14-3-1-2-4-14/h5-8,10,14,16,27H,1-4,9,11-13H2. The van der Waals surface area contributed by atoms with Crippen LogP contribution in [0.5, 0.6) is 0 Å². The number of amides is 1. The van der Waals surface area contributed by atoms with E-state index >= 15 is 0 Å². The fourth-order valence-electron chi connectivity index (χ4n) is 4.70. The smallest absolute Gasteiger partial charge is 0.273 e. The molecular weight excluding hydrogens is 463 g/mol. The van der Waals surface area contributed by atoms with Crippen molar-refractivity contribution in [2.45, 2.75) is 32.1 Å². The molecular formula is C23H24BrFN4O2. The van der Waals surface area contributed by atoms with Crippen molar-refractivity contribution in [1.82, 2.24) is 19.5 Å². The molecule has 31 heavy (non-hydrogen) atoms. The summed E-state index contributed by atoms with van der Waals surface area (Å²) in [4.78, 5) is 31.9. The first kappa shape index (κ1) is 20.4. The third kappa shape index (κ3) is 3.82. The highest BCUT2D eigenvalue weighted by atomic mass is 79.9. The lowest BCUT2D eigenvalue weighted by Crippen LogP contribution is -2.50. The van der Waals surface area contributed by atoms with Gasteiger partial charge in [0.15, 0.2) is 5.65 Å². The Hall–Kier alpha value is -2.48. The van der Waals surface area contributed by atoms with Gasteiger partial charge in [0.2, 0.25) is 0 Å². The molecule has 6 nitrogen and oxygen atoms in total. The summed E-state index contributed by atoms with van der Waals surface area (Å²) in [5.74, 6) is 0.405. The molecule has 3 heterocycles. The molecule has 1 aromatic carbocycles. The zero-order valence-electron chi connectivity index (χ0n) is 17.1. The number of aromatic amines is 1. The summed E-state index contributed by atoms with van der Waals surface area (Å²) in [5, 5.41) is 2.87. The van der Waals surface area contributed by atoms with Crippen molar-refractivity contribution in [3.8, 4) is 11.3 Å². The molecule has 1 saturated carbocycles. The molecule has 1 N–H and O–H groups in total. The molecule has 2 aromatic heterocycles. The third-order valence-corrected chi connectivity index (χ3v) is 7.07. The molecule has 5 rings (SSSR count). The lowest BCUT2D eigenvalue weighted by molar-refractivity contribution is 0.0453. The summed E-state index contributed by atoms with van der Waals surface area (Å²) >= 11 is 3.35. The van der Waals surface area contributed by atoms with Gasteiger partial charge in [-0.3, -0.25) is 19.1 Å². The van der Waals surface area contributed by atoms with Gasteiger partial charge in [0.05, 0.1) is 12.4 Å². The Morgan fingerprint density at radius 2 is 1.87 bits per heavy atom. The summed E-state index contributed by atoms with van der Waals surface area (Å²) in [6.07, 6.45) is 6.36. The predicted molar refractivity (Wildman–Crippen MR) is 120 cm³/mol. The number of nitrogens with zero attached hydrogens (tertiary/aromatic N) is 3. The molecule has 0 atom stereocenters. The van der Waals surface area contributed by atoms with Gasteiger partial charge in [-0.2, -0.15) is 4.52 Å². The molecule has 1 aliphatic heterocycles. The van der Waals surface area contributed by atoms with Crippen LogP contribution in [0.1, 0.15) is 41.6 Å². The Balaban J connectivity index is 1.46. The molecule has 8 heteroatoms. The number of hydrogen-bond acceptors (Lipinski definition) is 3. The van der Waals surface area contributed by atoms with Gasteiger partial charge in [0, 0.05) is 30.6 Å². The molecule has 0 spiro atoms. The van der Waals surface area contributed by atoms with E-state index in [1.54, 1.807) is 4.90 Å². The van der Waals surface area contributed by atoms with Crippen molar-refractivity contribution in [3.63, 3.8) is 0 Å². The minimum atomic E-state index is -0.433. The number of nitrogens with one attached hydrogen (secondary N) is 1. The maximum Gasteiger partial charge on any atom is 0.273 e. The molecule has 0 unspecified atom stereocenters. The average Bonchev–Trinajstić information content (AvgIpc) is 3.35. The summed E-state index contributed by atoms with van der Waals surface area (Å²) < 4.78 is 14.4. The predicted octanol–water partition coefficient (Wildman–Crippen LogP) is 4.23. The summed E-state index contributed by atoms with van der Waals surface area (Å²) in [6, 6.07) is 9.67. The Kier molecular flexibility index (Phi) is 5.42. The van der Waals surface area contributed by atoms with Crippen molar-refractivity contribution >= 4 is 27.5 Å². The van der Waals surface area contributed by atoms with Gasteiger partial charge in [-0.1, -0.05) is 49.9 Å². The van der Waals surface area contributed by atoms with Gasteiger partial charge in [-0.05, 0) is 33.8 Å². The van der Waals surface area contributed by atoms with E-state index in [0.717, 1.165) is 17.9 Å². The summed E-state index contributed by atoms with van der Waals surface area (Å²) in [5.41, 5.74) is 2.95. The SMILES string of the molecule is O=C(c1c(Br)[nH]n2c(=O)cc(-c3ccc(CC4CCCC4)cc3)nc12)N1CC(CF)C1. The number of H-pyrrole nitrogens is 1. The number of halogens is 2. The molecule has 0 bridgehead atoms. The van der Waals surface area contributed by atoms with Crippen molar-refractivity contribution in [2.75, 3.05) is 19.8 Å². The second-order valence-corrected chi connectivity index (χ2v) is 9.51.